The minimum atomic E-state index is -4.38. The summed E-state index contributed by atoms with van der Waals surface area (Å²) < 4.78 is 39.1. The Kier molecular flexibility index (Phi) is 8.10. The maximum Gasteiger partial charge on any atom is 0.416 e. The van der Waals surface area contributed by atoms with E-state index in [1.165, 1.54) is 52.6 Å². The number of thioether (sulfide) groups is 2. The number of benzene rings is 2. The van der Waals surface area contributed by atoms with E-state index in [-0.39, 0.29) is 11.7 Å². The van der Waals surface area contributed by atoms with Crippen molar-refractivity contribution in [3.8, 4) is 0 Å². The molecule has 0 unspecified atom stereocenters. The van der Waals surface area contributed by atoms with Crippen molar-refractivity contribution in [2.24, 2.45) is 5.10 Å². The molecule has 31 heavy (non-hydrogen) atoms. The van der Waals surface area contributed by atoms with E-state index in [1.54, 1.807) is 11.8 Å². The summed E-state index contributed by atoms with van der Waals surface area (Å²) in [6.07, 6.45) is -3.10. The lowest BCUT2D eigenvalue weighted by atomic mass is 10.1. The minimum absolute atomic E-state index is 0.0988. The molecule has 0 radical (unpaired) electrons. The van der Waals surface area contributed by atoms with Crippen LogP contribution in [0.1, 0.15) is 22.3 Å². The van der Waals surface area contributed by atoms with E-state index in [4.69, 9.17) is 0 Å². The first-order valence-electron chi connectivity index (χ1n) is 8.93. The third-order valence-corrected chi connectivity index (χ3v) is 7.10. The highest BCUT2D eigenvalue weighted by Gasteiger charge is 2.29. The molecule has 1 N–H and O–H groups in total. The number of alkyl halides is 3. The molecule has 3 aromatic rings. The first kappa shape index (κ1) is 23.3. The molecule has 0 saturated heterocycles. The van der Waals surface area contributed by atoms with Crippen LogP contribution in [-0.4, -0.2) is 28.1 Å². The summed E-state index contributed by atoms with van der Waals surface area (Å²) in [5.41, 5.74) is 4.46. The maximum absolute atomic E-state index is 12.5. The van der Waals surface area contributed by atoms with Crippen LogP contribution in [0, 0.1) is 6.92 Å². The summed E-state index contributed by atoms with van der Waals surface area (Å²) in [6, 6.07) is 12.8. The zero-order valence-corrected chi connectivity index (χ0v) is 18.7. The minimum Gasteiger partial charge on any atom is -0.272 e. The summed E-state index contributed by atoms with van der Waals surface area (Å²) in [7, 11) is 0. The Hall–Kier alpha value is -2.37. The Labute approximate surface area is 189 Å². The number of carbonyl (C=O) groups excluding carboxylic acids is 1. The van der Waals surface area contributed by atoms with Crippen LogP contribution in [0.5, 0.6) is 0 Å². The molecule has 0 saturated carbocycles. The van der Waals surface area contributed by atoms with Gasteiger partial charge in [-0.25, -0.2) is 5.43 Å². The van der Waals surface area contributed by atoms with Gasteiger partial charge < -0.3 is 0 Å². The molecule has 1 aromatic heterocycles. The monoisotopic (exact) mass is 482 g/mol. The van der Waals surface area contributed by atoms with Gasteiger partial charge in [0.05, 0.1) is 17.5 Å². The normalized spacial score (nSPS) is 11.7. The van der Waals surface area contributed by atoms with E-state index >= 15 is 0 Å². The topological polar surface area (TPSA) is 67.2 Å². The van der Waals surface area contributed by atoms with Crippen LogP contribution in [0.4, 0.5) is 13.2 Å². The molecular formula is C20H17F3N4OS3. The molecule has 162 valence electrons. The van der Waals surface area contributed by atoms with Gasteiger partial charge in [0.25, 0.3) is 5.91 Å². The second kappa shape index (κ2) is 10.8. The Morgan fingerprint density at radius 2 is 1.71 bits per heavy atom. The molecule has 0 aliphatic heterocycles. The molecule has 0 bridgehead atoms. The molecule has 5 nitrogen and oxygen atoms in total. The van der Waals surface area contributed by atoms with Gasteiger partial charge in [0, 0.05) is 5.75 Å². The number of hydrazone groups is 1. The standard InChI is InChI=1S/C20H17F3N4OS3/c1-13-2-4-15(5-3-13)11-29-18-26-27-19(31-18)30-12-17(28)25-24-10-14-6-8-16(9-7-14)20(21,22)23/h2-10H,11-12H2,1H3,(H,25,28)/b24-10-. The molecule has 1 heterocycles. The molecule has 0 aliphatic rings. The molecular weight excluding hydrogens is 465 g/mol. The van der Waals surface area contributed by atoms with Gasteiger partial charge in [-0.3, -0.25) is 4.79 Å². The second-order valence-electron chi connectivity index (χ2n) is 6.31. The van der Waals surface area contributed by atoms with Gasteiger partial charge in [-0.2, -0.15) is 18.3 Å². The Bertz CT molecular complexity index is 1040. The molecule has 2 aromatic carbocycles. The lowest BCUT2D eigenvalue weighted by Crippen LogP contribution is -2.19. The van der Waals surface area contributed by atoms with Gasteiger partial charge >= 0.3 is 6.18 Å². The Morgan fingerprint density at radius 1 is 1.06 bits per heavy atom. The van der Waals surface area contributed by atoms with Crippen molar-refractivity contribution in [3.63, 3.8) is 0 Å². The van der Waals surface area contributed by atoms with Crippen LogP contribution >= 0.6 is 34.9 Å². The van der Waals surface area contributed by atoms with Crippen molar-refractivity contribution in [2.45, 2.75) is 27.5 Å². The third kappa shape index (κ3) is 7.67. The largest absolute Gasteiger partial charge is 0.416 e. The third-order valence-electron chi connectivity index (χ3n) is 3.84. The highest BCUT2D eigenvalue weighted by atomic mass is 32.2. The quantitative estimate of drug-likeness (QED) is 0.265. The van der Waals surface area contributed by atoms with Crippen molar-refractivity contribution in [1.29, 1.82) is 0 Å². The van der Waals surface area contributed by atoms with E-state index in [2.05, 4.69) is 45.0 Å². The number of nitrogens with zero attached hydrogens (tertiary/aromatic N) is 3. The van der Waals surface area contributed by atoms with Crippen LogP contribution in [0.15, 0.2) is 62.3 Å². The van der Waals surface area contributed by atoms with Crippen LogP contribution in [0.3, 0.4) is 0 Å². The van der Waals surface area contributed by atoms with Crippen LogP contribution in [0.25, 0.3) is 0 Å². The van der Waals surface area contributed by atoms with Crippen molar-refractivity contribution in [1.82, 2.24) is 15.6 Å². The number of amides is 1. The fourth-order valence-electron chi connectivity index (χ4n) is 2.24. The number of rotatable bonds is 8. The van der Waals surface area contributed by atoms with E-state index in [1.807, 2.05) is 6.92 Å². The number of aryl methyl sites for hydroxylation is 1. The fourth-order valence-corrected chi connectivity index (χ4v) is 5.01. The SMILES string of the molecule is Cc1ccc(CSc2nnc(SCC(=O)N/N=C\c3ccc(C(F)(F)F)cc3)s2)cc1. The maximum atomic E-state index is 12.5. The Balaban J connectivity index is 1.40. The molecule has 0 aliphatic carbocycles. The fraction of sp³-hybridized carbons (Fsp3) is 0.200. The highest BCUT2D eigenvalue weighted by molar-refractivity contribution is 8.03. The predicted octanol–water partition coefficient (Wildman–Crippen LogP) is 5.40. The van der Waals surface area contributed by atoms with E-state index in [0.29, 0.717) is 9.90 Å². The number of hydrogen-bond acceptors (Lipinski definition) is 7. The summed E-state index contributed by atoms with van der Waals surface area (Å²) in [5.74, 6) is 0.539. The number of hydrogen-bond donors (Lipinski definition) is 1. The molecule has 1 amide bonds. The number of halogens is 3. The lowest BCUT2D eigenvalue weighted by Gasteiger charge is -2.05. The smallest absolute Gasteiger partial charge is 0.272 e. The number of nitrogens with one attached hydrogen (secondary N) is 1. The first-order chi connectivity index (χ1) is 14.8. The molecule has 0 spiro atoms. The predicted molar refractivity (Wildman–Crippen MR) is 119 cm³/mol. The summed E-state index contributed by atoms with van der Waals surface area (Å²) in [6.45, 7) is 2.04. The highest BCUT2D eigenvalue weighted by Crippen LogP contribution is 2.31. The van der Waals surface area contributed by atoms with E-state index in [0.717, 1.165) is 22.2 Å². The first-order valence-corrected chi connectivity index (χ1v) is 11.7. The van der Waals surface area contributed by atoms with Gasteiger partial charge in [0.15, 0.2) is 8.68 Å². The van der Waals surface area contributed by atoms with E-state index < -0.39 is 11.7 Å². The van der Waals surface area contributed by atoms with Gasteiger partial charge in [-0.05, 0) is 30.2 Å². The average Bonchev–Trinajstić information content (AvgIpc) is 3.19. The van der Waals surface area contributed by atoms with Gasteiger partial charge in [0.2, 0.25) is 0 Å². The number of aromatic nitrogens is 2. The van der Waals surface area contributed by atoms with E-state index in [9.17, 15) is 18.0 Å². The molecule has 3 rings (SSSR count). The van der Waals surface area contributed by atoms with Gasteiger partial charge in [-0.15, -0.1) is 10.2 Å². The average molecular weight is 483 g/mol. The molecule has 0 fully saturated rings. The zero-order valence-electron chi connectivity index (χ0n) is 16.2. The summed E-state index contributed by atoms with van der Waals surface area (Å²) in [5, 5.41) is 12.0. The summed E-state index contributed by atoms with van der Waals surface area (Å²) >= 11 is 4.24. The molecule has 0 atom stereocenters. The second-order valence-corrected chi connectivity index (χ2v) is 9.73. The van der Waals surface area contributed by atoms with Crippen molar-refractivity contribution < 1.29 is 18.0 Å². The van der Waals surface area contributed by atoms with Crippen LogP contribution in [-0.2, 0) is 16.7 Å². The van der Waals surface area contributed by atoms with Crippen LogP contribution < -0.4 is 5.43 Å². The number of carbonyl (C=O) groups is 1. The van der Waals surface area contributed by atoms with Crippen LogP contribution in [0.2, 0.25) is 0 Å². The van der Waals surface area contributed by atoms with Crippen molar-refractivity contribution in [2.75, 3.05) is 5.75 Å². The van der Waals surface area contributed by atoms with Crippen molar-refractivity contribution in [3.05, 3.63) is 70.8 Å². The Morgan fingerprint density at radius 3 is 2.35 bits per heavy atom. The summed E-state index contributed by atoms with van der Waals surface area (Å²) in [4.78, 5) is 11.9. The van der Waals surface area contributed by atoms with Gasteiger partial charge in [-0.1, -0.05) is 76.8 Å². The molecule has 11 heteroatoms. The zero-order chi connectivity index (χ0) is 22.3. The van der Waals surface area contributed by atoms with Crippen molar-refractivity contribution >= 4 is 47.0 Å². The van der Waals surface area contributed by atoms with Gasteiger partial charge in [0.1, 0.15) is 0 Å². The lowest BCUT2D eigenvalue weighted by molar-refractivity contribution is -0.137.